The fraction of sp³-hybridized carbons (Fsp3) is 0.833. The van der Waals surface area contributed by atoms with Crippen LogP contribution in [0.2, 0.25) is 0 Å². The number of nitrogens with two attached hydrogens (primary N) is 1. The first-order valence-corrected chi connectivity index (χ1v) is 3.72. The van der Waals surface area contributed by atoms with Crippen LogP contribution in [0.25, 0.3) is 0 Å². The molecule has 0 spiro atoms. The Labute approximate surface area is 61.2 Å². The molecular weight excluding hydrogens is 134 g/mol. The van der Waals surface area contributed by atoms with E-state index in [9.17, 15) is 4.79 Å². The second-order valence-corrected chi connectivity index (χ2v) is 2.62. The van der Waals surface area contributed by atoms with Crippen LogP contribution < -0.4 is 5.73 Å². The summed E-state index contributed by atoms with van der Waals surface area (Å²) in [5.41, 5.74) is 5.01. The van der Waals surface area contributed by atoms with Crippen LogP contribution in [0.4, 0.5) is 0 Å². The minimum absolute atomic E-state index is 0.0112. The molecule has 0 heterocycles. The third-order valence-corrected chi connectivity index (χ3v) is 1.60. The van der Waals surface area contributed by atoms with E-state index in [1.165, 1.54) is 0 Å². The lowest BCUT2D eigenvalue weighted by atomic mass is 10.1. The highest BCUT2D eigenvalue weighted by atomic mass is 32.1. The topological polar surface area (TPSA) is 43.1 Å². The van der Waals surface area contributed by atoms with Gasteiger partial charge in [0.05, 0.1) is 0 Å². The Morgan fingerprint density at radius 3 is 2.67 bits per heavy atom. The summed E-state index contributed by atoms with van der Waals surface area (Å²) in [6, 6.07) is 0. The number of rotatable bonds is 4. The van der Waals surface area contributed by atoms with Gasteiger partial charge in [-0.1, -0.05) is 6.92 Å². The molecule has 2 N–H and O–H groups in total. The first-order chi connectivity index (χ1) is 4.18. The minimum atomic E-state index is -0.211. The maximum absolute atomic E-state index is 10.4. The molecule has 0 aromatic carbocycles. The summed E-state index contributed by atoms with van der Waals surface area (Å²) in [4.78, 5) is 10.4. The molecule has 1 atom stereocenters. The van der Waals surface area contributed by atoms with Crippen molar-refractivity contribution in [1.82, 2.24) is 0 Å². The Hall–Kier alpha value is -0.180. The van der Waals surface area contributed by atoms with E-state index in [1.54, 1.807) is 0 Å². The summed E-state index contributed by atoms with van der Waals surface area (Å²) < 4.78 is 0. The van der Waals surface area contributed by atoms with E-state index in [0.29, 0.717) is 0 Å². The number of hydrogen-bond donors (Lipinski definition) is 2. The van der Waals surface area contributed by atoms with Crippen molar-refractivity contribution in [2.24, 2.45) is 11.7 Å². The molecule has 0 aromatic rings. The predicted octanol–water partition coefficient (Wildman–Crippen LogP) is 0.818. The largest absolute Gasteiger partial charge is 0.369 e. The fourth-order valence-corrected chi connectivity index (χ4v) is 0.722. The molecule has 0 unspecified atom stereocenters. The van der Waals surface area contributed by atoms with Crippen LogP contribution in [0, 0.1) is 5.92 Å². The van der Waals surface area contributed by atoms with Gasteiger partial charge in [0.25, 0.3) is 0 Å². The second kappa shape index (κ2) is 4.68. The molecular formula is C6H13NOS. The van der Waals surface area contributed by atoms with E-state index in [-0.39, 0.29) is 11.8 Å². The zero-order valence-electron chi connectivity index (χ0n) is 5.63. The van der Waals surface area contributed by atoms with Gasteiger partial charge in [-0.25, -0.2) is 0 Å². The maximum Gasteiger partial charge on any atom is 0.220 e. The number of hydrogen-bond acceptors (Lipinski definition) is 2. The van der Waals surface area contributed by atoms with Crippen molar-refractivity contribution in [3.63, 3.8) is 0 Å². The van der Waals surface area contributed by atoms with Gasteiger partial charge in [-0.3, -0.25) is 4.79 Å². The molecule has 0 rings (SSSR count). The van der Waals surface area contributed by atoms with Gasteiger partial charge >= 0.3 is 0 Å². The molecule has 0 bridgehead atoms. The van der Waals surface area contributed by atoms with Gasteiger partial charge in [-0.05, 0) is 18.6 Å². The summed E-state index contributed by atoms with van der Waals surface area (Å²) >= 11 is 4.01. The Bertz CT molecular complexity index is 95.1. The molecule has 0 aliphatic heterocycles. The molecule has 3 heteroatoms. The van der Waals surface area contributed by atoms with Crippen LogP contribution in [-0.4, -0.2) is 11.7 Å². The average Bonchev–Trinajstić information content (AvgIpc) is 1.82. The lowest BCUT2D eigenvalue weighted by Crippen LogP contribution is -2.20. The smallest absolute Gasteiger partial charge is 0.220 e. The van der Waals surface area contributed by atoms with Gasteiger partial charge in [0.15, 0.2) is 0 Å². The predicted molar refractivity (Wildman–Crippen MR) is 41.4 cm³/mol. The molecule has 0 saturated heterocycles. The van der Waals surface area contributed by atoms with Gasteiger partial charge in [0, 0.05) is 5.92 Å². The number of amides is 1. The van der Waals surface area contributed by atoms with Crippen LogP contribution in [0.1, 0.15) is 19.8 Å². The van der Waals surface area contributed by atoms with E-state index in [0.717, 1.165) is 18.6 Å². The Balaban J connectivity index is 3.27. The first-order valence-electron chi connectivity index (χ1n) is 3.08. The zero-order chi connectivity index (χ0) is 7.28. The van der Waals surface area contributed by atoms with E-state index in [1.807, 2.05) is 6.92 Å². The molecule has 0 aliphatic rings. The highest BCUT2D eigenvalue weighted by Crippen LogP contribution is 2.04. The van der Waals surface area contributed by atoms with Crippen molar-refractivity contribution in [2.45, 2.75) is 19.8 Å². The normalized spacial score (nSPS) is 13.1. The van der Waals surface area contributed by atoms with Gasteiger partial charge in [-0.2, -0.15) is 12.6 Å². The summed E-state index contributed by atoms with van der Waals surface area (Å²) in [6.45, 7) is 1.84. The van der Waals surface area contributed by atoms with Crippen molar-refractivity contribution < 1.29 is 4.79 Å². The molecule has 1 amide bonds. The second-order valence-electron chi connectivity index (χ2n) is 2.17. The Morgan fingerprint density at radius 1 is 1.78 bits per heavy atom. The van der Waals surface area contributed by atoms with Crippen LogP contribution in [0.5, 0.6) is 0 Å². The fourth-order valence-electron chi connectivity index (χ4n) is 0.540. The number of thiol groups is 1. The van der Waals surface area contributed by atoms with Crippen molar-refractivity contribution in [2.75, 3.05) is 5.75 Å². The SMILES string of the molecule is C[C@@H](CCCS)C(N)=O. The van der Waals surface area contributed by atoms with Crippen LogP contribution >= 0.6 is 12.6 Å². The van der Waals surface area contributed by atoms with Crippen molar-refractivity contribution in [3.8, 4) is 0 Å². The summed E-state index contributed by atoms with van der Waals surface area (Å²) in [6.07, 6.45) is 1.83. The molecule has 0 radical (unpaired) electrons. The van der Waals surface area contributed by atoms with Crippen LogP contribution in [-0.2, 0) is 4.79 Å². The summed E-state index contributed by atoms with van der Waals surface area (Å²) in [7, 11) is 0. The van der Waals surface area contributed by atoms with Crippen molar-refractivity contribution in [1.29, 1.82) is 0 Å². The number of primary amides is 1. The summed E-state index contributed by atoms with van der Waals surface area (Å²) in [5, 5.41) is 0. The van der Waals surface area contributed by atoms with E-state index >= 15 is 0 Å². The van der Waals surface area contributed by atoms with Crippen LogP contribution in [0.15, 0.2) is 0 Å². The Kier molecular flexibility index (Phi) is 4.58. The Morgan fingerprint density at radius 2 is 2.33 bits per heavy atom. The molecule has 0 aromatic heterocycles. The van der Waals surface area contributed by atoms with E-state index in [4.69, 9.17) is 5.73 Å². The molecule has 9 heavy (non-hydrogen) atoms. The molecule has 2 nitrogen and oxygen atoms in total. The van der Waals surface area contributed by atoms with Crippen molar-refractivity contribution in [3.05, 3.63) is 0 Å². The van der Waals surface area contributed by atoms with E-state index < -0.39 is 0 Å². The van der Waals surface area contributed by atoms with Gasteiger partial charge in [-0.15, -0.1) is 0 Å². The summed E-state index contributed by atoms with van der Waals surface area (Å²) in [5.74, 6) is 0.631. The number of carbonyl (C=O) groups excluding carboxylic acids is 1. The molecule has 0 fully saturated rings. The first kappa shape index (κ1) is 8.82. The van der Waals surface area contributed by atoms with Gasteiger partial charge in [0.1, 0.15) is 0 Å². The lowest BCUT2D eigenvalue weighted by molar-refractivity contribution is -0.121. The third-order valence-electron chi connectivity index (χ3n) is 1.28. The third kappa shape index (κ3) is 4.33. The lowest BCUT2D eigenvalue weighted by Gasteiger charge is -2.03. The van der Waals surface area contributed by atoms with Crippen LogP contribution in [0.3, 0.4) is 0 Å². The van der Waals surface area contributed by atoms with E-state index in [2.05, 4.69) is 12.6 Å². The average molecular weight is 147 g/mol. The number of carbonyl (C=O) groups is 1. The highest BCUT2D eigenvalue weighted by molar-refractivity contribution is 7.80. The standard InChI is InChI=1S/C6H13NOS/c1-5(6(7)8)3-2-4-9/h5,9H,2-4H2,1H3,(H2,7,8)/t5-/m0/s1. The molecule has 54 valence electrons. The van der Waals surface area contributed by atoms with Crippen molar-refractivity contribution >= 4 is 18.5 Å². The van der Waals surface area contributed by atoms with Gasteiger partial charge in [0.2, 0.25) is 5.91 Å². The minimum Gasteiger partial charge on any atom is -0.369 e. The monoisotopic (exact) mass is 147 g/mol. The quantitative estimate of drug-likeness (QED) is 0.568. The maximum atomic E-state index is 10.4. The molecule has 0 saturated carbocycles. The zero-order valence-corrected chi connectivity index (χ0v) is 6.53. The highest BCUT2D eigenvalue weighted by Gasteiger charge is 2.05. The van der Waals surface area contributed by atoms with Gasteiger partial charge < -0.3 is 5.73 Å². The molecule has 0 aliphatic carbocycles.